The Labute approximate surface area is 138 Å². The summed E-state index contributed by atoms with van der Waals surface area (Å²) in [6, 6.07) is 6.04. The molecule has 3 heteroatoms. The first-order valence-corrected chi connectivity index (χ1v) is 8.95. The lowest BCUT2D eigenvalue weighted by Gasteiger charge is -2.60. The van der Waals surface area contributed by atoms with E-state index in [1.165, 1.54) is 12.0 Å². The molecule has 124 valence electrons. The van der Waals surface area contributed by atoms with Crippen molar-refractivity contribution >= 4 is 11.6 Å². The Morgan fingerprint density at radius 2 is 1.91 bits per heavy atom. The van der Waals surface area contributed by atoms with E-state index in [4.69, 9.17) is 0 Å². The van der Waals surface area contributed by atoms with E-state index in [2.05, 4.69) is 25.2 Å². The fourth-order valence-corrected chi connectivity index (χ4v) is 6.03. The van der Waals surface area contributed by atoms with Gasteiger partial charge in [0, 0.05) is 12.1 Å². The smallest absolute Gasteiger partial charge is 0.224 e. The van der Waals surface area contributed by atoms with Crippen LogP contribution >= 0.6 is 0 Å². The van der Waals surface area contributed by atoms with Gasteiger partial charge in [0.1, 0.15) is 0 Å². The Morgan fingerprint density at radius 1 is 1.22 bits per heavy atom. The zero-order valence-electron chi connectivity index (χ0n) is 14.2. The van der Waals surface area contributed by atoms with Crippen LogP contribution in [0.25, 0.3) is 0 Å². The van der Waals surface area contributed by atoms with Crippen molar-refractivity contribution in [2.45, 2.75) is 64.4 Å². The van der Waals surface area contributed by atoms with Crippen molar-refractivity contribution in [2.75, 3.05) is 5.32 Å². The van der Waals surface area contributed by atoms with Gasteiger partial charge in [0.05, 0.1) is 5.60 Å². The highest BCUT2D eigenvalue weighted by Crippen LogP contribution is 2.62. The molecule has 0 aliphatic heterocycles. The molecule has 1 aromatic rings. The molecule has 4 bridgehead atoms. The lowest BCUT2D eigenvalue weighted by atomic mass is 9.47. The number of nitrogens with one attached hydrogen (secondary N) is 1. The van der Waals surface area contributed by atoms with E-state index in [9.17, 15) is 9.90 Å². The van der Waals surface area contributed by atoms with Gasteiger partial charge >= 0.3 is 0 Å². The second-order valence-electron chi connectivity index (χ2n) is 8.66. The molecule has 3 nitrogen and oxygen atoms in total. The maximum atomic E-state index is 12.7. The summed E-state index contributed by atoms with van der Waals surface area (Å²) in [6.07, 6.45) is 6.84. The van der Waals surface area contributed by atoms with Gasteiger partial charge in [0.15, 0.2) is 0 Å². The molecular formula is C20H27NO2. The summed E-state index contributed by atoms with van der Waals surface area (Å²) >= 11 is 0. The number of aliphatic hydroxyl groups is 1. The molecule has 0 aromatic heterocycles. The molecule has 0 spiro atoms. The minimum atomic E-state index is -0.483. The van der Waals surface area contributed by atoms with Crippen LogP contribution in [0.4, 0.5) is 5.69 Å². The van der Waals surface area contributed by atoms with Gasteiger partial charge in [-0.25, -0.2) is 0 Å². The minimum Gasteiger partial charge on any atom is -0.390 e. The largest absolute Gasteiger partial charge is 0.390 e. The Balaban J connectivity index is 1.50. The molecule has 4 fully saturated rings. The van der Waals surface area contributed by atoms with Crippen LogP contribution in [0.2, 0.25) is 0 Å². The van der Waals surface area contributed by atoms with Crippen LogP contribution in [0, 0.1) is 31.1 Å². The zero-order valence-corrected chi connectivity index (χ0v) is 14.2. The van der Waals surface area contributed by atoms with Gasteiger partial charge in [0.25, 0.3) is 0 Å². The van der Waals surface area contributed by atoms with Gasteiger partial charge in [-0.2, -0.15) is 0 Å². The first-order chi connectivity index (χ1) is 10.9. The number of amides is 1. The van der Waals surface area contributed by atoms with Crippen molar-refractivity contribution in [3.05, 3.63) is 29.3 Å². The van der Waals surface area contributed by atoms with Crippen LogP contribution in [0.1, 0.15) is 56.1 Å². The summed E-state index contributed by atoms with van der Waals surface area (Å²) in [6.45, 7) is 4.12. The number of hydrogen-bond acceptors (Lipinski definition) is 2. The summed E-state index contributed by atoms with van der Waals surface area (Å²) < 4.78 is 0. The lowest BCUT2D eigenvalue weighted by molar-refractivity contribution is -0.167. The molecule has 5 rings (SSSR count). The molecular weight excluding hydrogens is 286 g/mol. The van der Waals surface area contributed by atoms with Crippen molar-refractivity contribution < 1.29 is 9.90 Å². The summed E-state index contributed by atoms with van der Waals surface area (Å²) in [5.41, 5.74) is 2.83. The van der Waals surface area contributed by atoms with E-state index in [1.807, 2.05) is 12.1 Å². The Bertz CT molecular complexity index is 637. The molecule has 4 aliphatic carbocycles. The van der Waals surface area contributed by atoms with Crippen molar-refractivity contribution in [1.82, 2.24) is 0 Å². The van der Waals surface area contributed by atoms with Gasteiger partial charge in [-0.05, 0) is 86.8 Å². The van der Waals surface area contributed by atoms with E-state index >= 15 is 0 Å². The van der Waals surface area contributed by atoms with E-state index < -0.39 is 5.60 Å². The Hall–Kier alpha value is -1.35. The van der Waals surface area contributed by atoms with Crippen LogP contribution < -0.4 is 5.32 Å². The number of rotatable bonds is 3. The van der Waals surface area contributed by atoms with Crippen molar-refractivity contribution in [3.8, 4) is 0 Å². The van der Waals surface area contributed by atoms with Crippen LogP contribution in [0.5, 0.6) is 0 Å². The fourth-order valence-electron chi connectivity index (χ4n) is 6.03. The third-order valence-electron chi connectivity index (χ3n) is 6.57. The predicted molar refractivity (Wildman–Crippen MR) is 91.2 cm³/mol. The van der Waals surface area contributed by atoms with E-state index in [-0.39, 0.29) is 11.3 Å². The Kier molecular flexibility index (Phi) is 3.35. The summed E-state index contributed by atoms with van der Waals surface area (Å²) in [4.78, 5) is 12.7. The number of anilines is 1. The highest BCUT2D eigenvalue weighted by Gasteiger charge is 2.57. The first kappa shape index (κ1) is 15.2. The van der Waals surface area contributed by atoms with Crippen LogP contribution in [0.3, 0.4) is 0 Å². The highest BCUT2D eigenvalue weighted by atomic mass is 16.3. The monoisotopic (exact) mass is 313 g/mol. The summed E-state index contributed by atoms with van der Waals surface area (Å²) in [5, 5.41) is 13.9. The summed E-state index contributed by atoms with van der Waals surface area (Å²) in [5.74, 6) is 1.38. The number of benzene rings is 1. The molecule has 1 amide bonds. The maximum Gasteiger partial charge on any atom is 0.224 e. The standard InChI is InChI=1S/C20H27NO2/c1-13-4-3-5-17(14(13)2)21-18(22)11-19-7-15-6-16(8-19)10-20(23,9-15)12-19/h3-5,15-16,23H,6-12H2,1-2H3,(H,21,22)/t15-,16+,19?,20?. The van der Waals surface area contributed by atoms with Crippen LogP contribution in [0.15, 0.2) is 18.2 Å². The van der Waals surface area contributed by atoms with Crippen molar-refractivity contribution in [1.29, 1.82) is 0 Å². The molecule has 0 radical (unpaired) electrons. The average Bonchev–Trinajstić information content (AvgIpc) is 2.40. The molecule has 4 aliphatic rings. The van der Waals surface area contributed by atoms with Gasteiger partial charge in [0.2, 0.25) is 5.91 Å². The quantitative estimate of drug-likeness (QED) is 0.887. The minimum absolute atomic E-state index is 0.0423. The van der Waals surface area contributed by atoms with Gasteiger partial charge in [-0.15, -0.1) is 0 Å². The molecule has 23 heavy (non-hydrogen) atoms. The second-order valence-corrected chi connectivity index (χ2v) is 8.66. The molecule has 0 heterocycles. The third kappa shape index (κ3) is 2.69. The molecule has 2 N–H and O–H groups in total. The van der Waals surface area contributed by atoms with E-state index in [1.54, 1.807) is 0 Å². The average molecular weight is 313 g/mol. The molecule has 0 saturated heterocycles. The third-order valence-corrected chi connectivity index (χ3v) is 6.57. The zero-order chi connectivity index (χ0) is 16.2. The van der Waals surface area contributed by atoms with Crippen LogP contribution in [-0.4, -0.2) is 16.6 Å². The van der Waals surface area contributed by atoms with Crippen molar-refractivity contribution in [2.24, 2.45) is 17.3 Å². The molecule has 1 aromatic carbocycles. The van der Waals surface area contributed by atoms with E-state index in [0.29, 0.717) is 18.3 Å². The SMILES string of the molecule is Cc1cccc(NC(=O)CC23C[C@@H]4C[C@@H](CC(O)(C4)C2)C3)c1C. The van der Waals surface area contributed by atoms with Gasteiger partial charge in [-0.3, -0.25) is 4.79 Å². The molecule has 4 atom stereocenters. The lowest BCUT2D eigenvalue weighted by Crippen LogP contribution is -2.56. The van der Waals surface area contributed by atoms with Gasteiger partial charge in [-0.1, -0.05) is 12.1 Å². The Morgan fingerprint density at radius 3 is 2.57 bits per heavy atom. The summed E-state index contributed by atoms with van der Waals surface area (Å²) in [7, 11) is 0. The first-order valence-electron chi connectivity index (χ1n) is 8.95. The normalized spacial score (nSPS) is 37.9. The molecule has 4 saturated carbocycles. The van der Waals surface area contributed by atoms with Crippen LogP contribution in [-0.2, 0) is 4.79 Å². The number of aryl methyl sites for hydroxylation is 1. The predicted octanol–water partition coefficient (Wildman–Crippen LogP) is 3.96. The fraction of sp³-hybridized carbons (Fsp3) is 0.650. The van der Waals surface area contributed by atoms with Gasteiger partial charge < -0.3 is 10.4 Å². The van der Waals surface area contributed by atoms with Crippen molar-refractivity contribution in [3.63, 3.8) is 0 Å². The maximum absolute atomic E-state index is 12.7. The molecule has 2 unspecified atom stereocenters. The number of carbonyl (C=O) groups is 1. The van der Waals surface area contributed by atoms with E-state index in [0.717, 1.165) is 43.4 Å². The highest BCUT2D eigenvalue weighted by molar-refractivity contribution is 5.92. The second kappa shape index (κ2) is 5.07. The number of carbonyl (C=O) groups excluding carboxylic acids is 1. The number of hydrogen-bond donors (Lipinski definition) is 2. The topological polar surface area (TPSA) is 49.3 Å².